The van der Waals surface area contributed by atoms with E-state index >= 15 is 0 Å². The van der Waals surface area contributed by atoms with E-state index in [1.807, 2.05) is 48.2 Å². The number of para-hydroxylation sites is 1. The number of rotatable bonds is 4. The second-order valence-electron chi connectivity index (χ2n) is 7.78. The van der Waals surface area contributed by atoms with Crippen molar-refractivity contribution < 1.29 is 9.18 Å². The second-order valence-corrected chi connectivity index (χ2v) is 8.56. The number of piperidine rings is 1. The minimum absolute atomic E-state index is 0.0956. The zero-order valence-electron chi connectivity index (χ0n) is 17.1. The molecule has 160 valence electrons. The zero-order valence-corrected chi connectivity index (χ0v) is 18.7. The number of halogens is 2. The van der Waals surface area contributed by atoms with Crippen LogP contribution in [0.5, 0.6) is 0 Å². The van der Waals surface area contributed by atoms with Crippen LogP contribution in [0, 0.1) is 17.4 Å². The van der Waals surface area contributed by atoms with Gasteiger partial charge >= 0.3 is 0 Å². The van der Waals surface area contributed by atoms with Gasteiger partial charge in [0.15, 0.2) is 0 Å². The average Bonchev–Trinajstić information content (AvgIpc) is 2.79. The van der Waals surface area contributed by atoms with Crippen molar-refractivity contribution in [2.75, 3.05) is 18.4 Å². The molecule has 4 nitrogen and oxygen atoms in total. The fourth-order valence-electron chi connectivity index (χ4n) is 3.96. The third kappa shape index (κ3) is 4.65. The SMILES string of the molecule is Cc1ccccc1Nc1c(C(=O)N2CCC(c3ccc(F)cc3)CC2)c[nH]c(=S)c1Cl. The van der Waals surface area contributed by atoms with Crippen LogP contribution in [0.4, 0.5) is 15.8 Å². The Morgan fingerprint density at radius 3 is 2.52 bits per heavy atom. The normalized spacial score (nSPS) is 14.5. The van der Waals surface area contributed by atoms with Crippen molar-refractivity contribution in [2.45, 2.75) is 25.7 Å². The number of anilines is 2. The number of carbonyl (C=O) groups is 1. The molecular formula is C24H23ClFN3OS. The highest BCUT2D eigenvalue weighted by atomic mass is 35.5. The molecule has 2 aromatic carbocycles. The summed E-state index contributed by atoms with van der Waals surface area (Å²) in [6, 6.07) is 14.5. The van der Waals surface area contributed by atoms with E-state index in [2.05, 4.69) is 10.3 Å². The van der Waals surface area contributed by atoms with Crippen LogP contribution in [0.25, 0.3) is 0 Å². The number of nitrogens with zero attached hydrogens (tertiary/aromatic N) is 1. The molecule has 0 unspecified atom stereocenters. The molecule has 4 rings (SSSR count). The largest absolute Gasteiger partial charge is 0.353 e. The zero-order chi connectivity index (χ0) is 22.0. The van der Waals surface area contributed by atoms with E-state index < -0.39 is 0 Å². The van der Waals surface area contributed by atoms with Crippen LogP contribution in [0.15, 0.2) is 54.7 Å². The quantitative estimate of drug-likeness (QED) is 0.435. The number of aromatic amines is 1. The Morgan fingerprint density at radius 2 is 1.84 bits per heavy atom. The van der Waals surface area contributed by atoms with E-state index in [1.165, 1.54) is 12.1 Å². The van der Waals surface area contributed by atoms with Gasteiger partial charge in [-0.15, -0.1) is 0 Å². The van der Waals surface area contributed by atoms with Crippen molar-refractivity contribution >= 4 is 41.1 Å². The number of amides is 1. The highest BCUT2D eigenvalue weighted by Crippen LogP contribution is 2.33. The van der Waals surface area contributed by atoms with Crippen LogP contribution < -0.4 is 5.32 Å². The van der Waals surface area contributed by atoms with Crippen molar-refractivity contribution in [1.82, 2.24) is 9.88 Å². The van der Waals surface area contributed by atoms with E-state index in [0.29, 0.717) is 39.9 Å². The lowest BCUT2D eigenvalue weighted by molar-refractivity contribution is 0.0713. The van der Waals surface area contributed by atoms with Crippen molar-refractivity contribution in [3.8, 4) is 0 Å². The predicted octanol–water partition coefficient (Wildman–Crippen LogP) is 6.61. The Labute approximate surface area is 191 Å². The lowest BCUT2D eigenvalue weighted by Gasteiger charge is -2.32. The fraction of sp³-hybridized carbons (Fsp3) is 0.250. The van der Waals surface area contributed by atoms with Crippen molar-refractivity contribution in [3.63, 3.8) is 0 Å². The van der Waals surface area contributed by atoms with Gasteiger partial charge in [0.2, 0.25) is 0 Å². The van der Waals surface area contributed by atoms with Gasteiger partial charge < -0.3 is 15.2 Å². The Balaban J connectivity index is 1.55. The number of carbonyl (C=O) groups excluding carboxylic acids is 1. The number of hydrogen-bond donors (Lipinski definition) is 2. The highest BCUT2D eigenvalue weighted by Gasteiger charge is 2.27. The summed E-state index contributed by atoms with van der Waals surface area (Å²) in [6.45, 7) is 3.23. The van der Waals surface area contributed by atoms with Crippen molar-refractivity contribution in [2.24, 2.45) is 0 Å². The van der Waals surface area contributed by atoms with Crippen LogP contribution in [0.3, 0.4) is 0 Å². The Bertz CT molecular complexity index is 1150. The number of hydrogen-bond acceptors (Lipinski definition) is 3. The minimum atomic E-state index is -0.233. The highest BCUT2D eigenvalue weighted by molar-refractivity contribution is 7.71. The maximum Gasteiger partial charge on any atom is 0.257 e. The molecule has 1 amide bonds. The molecule has 31 heavy (non-hydrogen) atoms. The molecule has 1 aliphatic rings. The lowest BCUT2D eigenvalue weighted by atomic mass is 9.89. The first-order chi connectivity index (χ1) is 14.9. The molecule has 2 heterocycles. The molecule has 1 aromatic heterocycles. The number of H-pyrrole nitrogens is 1. The molecule has 2 N–H and O–H groups in total. The summed E-state index contributed by atoms with van der Waals surface area (Å²) in [6.07, 6.45) is 3.28. The predicted molar refractivity (Wildman–Crippen MR) is 125 cm³/mol. The van der Waals surface area contributed by atoms with E-state index in [4.69, 9.17) is 23.8 Å². The van der Waals surface area contributed by atoms with Gasteiger partial charge in [-0.2, -0.15) is 0 Å². The fourth-order valence-corrected chi connectivity index (χ4v) is 4.33. The summed E-state index contributed by atoms with van der Waals surface area (Å²) in [5.41, 5.74) is 4.00. The Kier molecular flexibility index (Phi) is 6.39. The Morgan fingerprint density at radius 1 is 1.16 bits per heavy atom. The molecule has 7 heteroatoms. The summed E-state index contributed by atoms with van der Waals surface area (Å²) < 4.78 is 13.6. The van der Waals surface area contributed by atoms with Crippen LogP contribution in [0.2, 0.25) is 5.02 Å². The lowest BCUT2D eigenvalue weighted by Crippen LogP contribution is -2.38. The van der Waals surface area contributed by atoms with Gasteiger partial charge in [-0.25, -0.2) is 4.39 Å². The number of aromatic nitrogens is 1. The van der Waals surface area contributed by atoms with Gasteiger partial charge in [0, 0.05) is 25.0 Å². The number of nitrogens with one attached hydrogen (secondary N) is 2. The number of pyridine rings is 1. The van der Waals surface area contributed by atoms with Crippen molar-refractivity contribution in [3.05, 3.63) is 86.9 Å². The third-order valence-corrected chi connectivity index (χ3v) is 6.61. The molecular weight excluding hydrogens is 433 g/mol. The molecule has 1 aliphatic heterocycles. The number of likely N-dealkylation sites (tertiary alicyclic amines) is 1. The van der Waals surface area contributed by atoms with Gasteiger partial charge in [0.05, 0.1) is 16.3 Å². The first-order valence-corrected chi connectivity index (χ1v) is 11.0. The summed E-state index contributed by atoms with van der Waals surface area (Å²) in [4.78, 5) is 18.1. The topological polar surface area (TPSA) is 48.1 Å². The summed E-state index contributed by atoms with van der Waals surface area (Å²) in [5, 5.41) is 3.63. The average molecular weight is 456 g/mol. The van der Waals surface area contributed by atoms with Gasteiger partial charge in [-0.1, -0.05) is 54.2 Å². The van der Waals surface area contributed by atoms with Gasteiger partial charge in [0.1, 0.15) is 10.5 Å². The van der Waals surface area contributed by atoms with Crippen molar-refractivity contribution in [1.29, 1.82) is 0 Å². The van der Waals surface area contributed by atoms with Gasteiger partial charge in [0.25, 0.3) is 5.91 Å². The number of aryl methyl sites for hydroxylation is 1. The van der Waals surface area contributed by atoms with Crippen LogP contribution in [-0.4, -0.2) is 28.9 Å². The molecule has 0 bridgehead atoms. The maximum absolute atomic E-state index is 13.4. The Hall–Kier alpha value is -2.70. The molecule has 0 radical (unpaired) electrons. The van der Waals surface area contributed by atoms with E-state index in [1.54, 1.807) is 6.20 Å². The first-order valence-electron chi connectivity index (χ1n) is 10.2. The molecule has 0 aliphatic carbocycles. The summed E-state index contributed by atoms with van der Waals surface area (Å²) >= 11 is 11.8. The molecule has 3 aromatic rings. The standard InChI is InChI=1S/C24H23ClFN3OS/c1-15-4-2-3-5-20(15)28-22-19(14-27-23(31)21(22)25)24(30)29-12-10-17(11-13-29)16-6-8-18(26)9-7-16/h2-9,14,17H,10-13H2,1H3,(H2,27,28,31). The monoisotopic (exact) mass is 455 g/mol. The summed E-state index contributed by atoms with van der Waals surface area (Å²) in [7, 11) is 0. The van der Waals surface area contributed by atoms with E-state index in [-0.39, 0.29) is 11.7 Å². The minimum Gasteiger partial charge on any atom is -0.353 e. The van der Waals surface area contributed by atoms with Gasteiger partial charge in [-0.3, -0.25) is 4.79 Å². The molecule has 0 saturated carbocycles. The second kappa shape index (κ2) is 9.20. The smallest absolute Gasteiger partial charge is 0.257 e. The number of benzene rings is 2. The molecule has 1 fully saturated rings. The molecule has 0 atom stereocenters. The van der Waals surface area contributed by atoms with Gasteiger partial charge in [-0.05, 0) is 55.0 Å². The van der Waals surface area contributed by atoms with Crippen LogP contribution >= 0.6 is 23.8 Å². The van der Waals surface area contributed by atoms with E-state index in [9.17, 15) is 9.18 Å². The van der Waals surface area contributed by atoms with E-state index in [0.717, 1.165) is 29.7 Å². The molecule has 1 saturated heterocycles. The summed E-state index contributed by atoms with van der Waals surface area (Å²) in [5.74, 6) is -0.00969. The maximum atomic E-state index is 13.4. The third-order valence-electron chi connectivity index (χ3n) is 5.79. The first kappa shape index (κ1) is 21.5. The molecule has 0 spiro atoms. The van der Waals surface area contributed by atoms with Crippen LogP contribution in [-0.2, 0) is 0 Å². The van der Waals surface area contributed by atoms with Crippen LogP contribution in [0.1, 0.15) is 40.2 Å².